The minimum Gasteiger partial charge on any atom is -0.491 e. The van der Waals surface area contributed by atoms with Gasteiger partial charge < -0.3 is 9.72 Å². The standard InChI is InChI=1S/C21H16FN5O2/c22-15-2-1-14-7-10-26(17(14)13-15)19-3-4-20(28)27(25-19)11-12-29-18-6-9-24-21-16(18)5-8-23-21/h1-10,13H,11-12H2,(H,23,24). The van der Waals surface area contributed by atoms with E-state index in [4.69, 9.17) is 4.74 Å². The smallest absolute Gasteiger partial charge is 0.266 e. The summed E-state index contributed by atoms with van der Waals surface area (Å²) in [6.07, 6.45) is 5.26. The minimum atomic E-state index is -0.326. The zero-order valence-corrected chi connectivity index (χ0v) is 15.2. The third-order valence-corrected chi connectivity index (χ3v) is 4.74. The van der Waals surface area contributed by atoms with E-state index in [0.29, 0.717) is 17.1 Å². The van der Waals surface area contributed by atoms with Gasteiger partial charge in [-0.05, 0) is 42.5 Å². The van der Waals surface area contributed by atoms with E-state index in [0.717, 1.165) is 16.4 Å². The number of ether oxygens (including phenoxy) is 1. The van der Waals surface area contributed by atoms with Crippen molar-refractivity contribution in [2.75, 3.05) is 6.61 Å². The van der Waals surface area contributed by atoms with Gasteiger partial charge in [0.1, 0.15) is 23.8 Å². The summed E-state index contributed by atoms with van der Waals surface area (Å²) in [5.74, 6) is 0.891. The van der Waals surface area contributed by atoms with E-state index in [9.17, 15) is 9.18 Å². The molecule has 4 heterocycles. The Kier molecular flexibility index (Phi) is 4.09. The highest BCUT2D eigenvalue weighted by Gasteiger charge is 2.09. The van der Waals surface area contributed by atoms with Gasteiger partial charge >= 0.3 is 0 Å². The topological polar surface area (TPSA) is 77.7 Å². The van der Waals surface area contributed by atoms with Gasteiger partial charge in [0.15, 0.2) is 5.82 Å². The maximum Gasteiger partial charge on any atom is 0.266 e. The van der Waals surface area contributed by atoms with E-state index < -0.39 is 0 Å². The van der Waals surface area contributed by atoms with Gasteiger partial charge in [-0.1, -0.05) is 0 Å². The predicted octanol–water partition coefficient (Wildman–Crippen LogP) is 3.28. The second-order valence-corrected chi connectivity index (χ2v) is 6.54. The Bertz CT molecular complexity index is 1380. The largest absolute Gasteiger partial charge is 0.491 e. The maximum absolute atomic E-state index is 13.7. The lowest BCUT2D eigenvalue weighted by Gasteiger charge is -2.10. The molecule has 144 valence electrons. The third-order valence-electron chi connectivity index (χ3n) is 4.74. The summed E-state index contributed by atoms with van der Waals surface area (Å²) in [5.41, 5.74) is 1.19. The molecular weight excluding hydrogens is 373 g/mol. The lowest BCUT2D eigenvalue weighted by molar-refractivity contribution is 0.290. The van der Waals surface area contributed by atoms with Crippen LogP contribution in [0.15, 0.2) is 71.9 Å². The molecule has 0 aliphatic heterocycles. The van der Waals surface area contributed by atoms with Gasteiger partial charge in [0.2, 0.25) is 0 Å². The number of aromatic amines is 1. The van der Waals surface area contributed by atoms with Crippen molar-refractivity contribution < 1.29 is 9.13 Å². The Hall–Kier alpha value is -3.94. The average molecular weight is 389 g/mol. The molecule has 0 aliphatic carbocycles. The van der Waals surface area contributed by atoms with Gasteiger partial charge in [-0.2, -0.15) is 5.10 Å². The predicted molar refractivity (Wildman–Crippen MR) is 107 cm³/mol. The number of pyridine rings is 1. The molecule has 4 aromatic heterocycles. The van der Waals surface area contributed by atoms with Crippen LogP contribution in [0.1, 0.15) is 0 Å². The van der Waals surface area contributed by atoms with Crippen molar-refractivity contribution in [2.24, 2.45) is 0 Å². The third kappa shape index (κ3) is 3.14. The Morgan fingerprint density at radius 3 is 2.97 bits per heavy atom. The Balaban J connectivity index is 1.40. The first-order chi connectivity index (χ1) is 14.2. The summed E-state index contributed by atoms with van der Waals surface area (Å²) in [4.78, 5) is 19.5. The number of halogens is 1. The van der Waals surface area contributed by atoms with E-state index in [-0.39, 0.29) is 24.5 Å². The quantitative estimate of drug-likeness (QED) is 0.500. The fraction of sp³-hybridized carbons (Fsp3) is 0.0952. The fourth-order valence-electron chi connectivity index (χ4n) is 3.33. The van der Waals surface area contributed by atoms with Crippen LogP contribution in [0.25, 0.3) is 27.8 Å². The lowest BCUT2D eigenvalue weighted by Crippen LogP contribution is -2.26. The van der Waals surface area contributed by atoms with E-state index in [1.54, 1.807) is 41.4 Å². The first-order valence-corrected chi connectivity index (χ1v) is 9.09. The molecule has 29 heavy (non-hydrogen) atoms. The normalized spacial score (nSPS) is 11.3. The van der Waals surface area contributed by atoms with Gasteiger partial charge in [-0.15, -0.1) is 0 Å². The molecule has 0 fully saturated rings. The van der Waals surface area contributed by atoms with E-state index >= 15 is 0 Å². The van der Waals surface area contributed by atoms with E-state index in [1.807, 2.05) is 12.1 Å². The average Bonchev–Trinajstić information content (AvgIpc) is 3.36. The van der Waals surface area contributed by atoms with Crippen LogP contribution in [0.3, 0.4) is 0 Å². The van der Waals surface area contributed by atoms with Crippen molar-refractivity contribution in [3.8, 4) is 11.6 Å². The summed E-state index contributed by atoms with van der Waals surface area (Å²) >= 11 is 0. The Labute approximate surface area is 164 Å². The molecular formula is C21H16FN5O2. The van der Waals surface area contributed by atoms with Crippen LogP contribution in [0.4, 0.5) is 4.39 Å². The van der Waals surface area contributed by atoms with Gasteiger partial charge in [0, 0.05) is 30.0 Å². The highest BCUT2D eigenvalue weighted by molar-refractivity contribution is 5.82. The molecule has 0 spiro atoms. The summed E-state index contributed by atoms with van der Waals surface area (Å²) in [6, 6.07) is 13.2. The second-order valence-electron chi connectivity index (χ2n) is 6.54. The molecule has 0 saturated heterocycles. The van der Waals surface area contributed by atoms with Crippen LogP contribution in [-0.2, 0) is 6.54 Å². The van der Waals surface area contributed by atoms with Crippen molar-refractivity contribution in [3.05, 3.63) is 83.3 Å². The van der Waals surface area contributed by atoms with Crippen molar-refractivity contribution in [1.29, 1.82) is 0 Å². The summed E-state index contributed by atoms with van der Waals surface area (Å²) < 4.78 is 22.6. The number of benzene rings is 1. The van der Waals surface area contributed by atoms with Crippen molar-refractivity contribution in [3.63, 3.8) is 0 Å². The number of hydrogen-bond donors (Lipinski definition) is 1. The number of H-pyrrole nitrogens is 1. The SMILES string of the molecule is O=c1ccc(-n2ccc3ccc(F)cc32)nn1CCOc1ccnc2[nH]ccc12. The highest BCUT2D eigenvalue weighted by atomic mass is 19.1. The first-order valence-electron chi connectivity index (χ1n) is 9.09. The Morgan fingerprint density at radius 1 is 1.10 bits per heavy atom. The molecule has 0 bridgehead atoms. The van der Waals surface area contributed by atoms with Gasteiger partial charge in [0.25, 0.3) is 5.56 Å². The fourth-order valence-corrected chi connectivity index (χ4v) is 3.33. The van der Waals surface area contributed by atoms with Crippen LogP contribution in [0.2, 0.25) is 0 Å². The number of nitrogens with zero attached hydrogens (tertiary/aromatic N) is 4. The van der Waals surface area contributed by atoms with Gasteiger partial charge in [0.05, 0.1) is 17.4 Å². The van der Waals surface area contributed by atoms with Crippen LogP contribution < -0.4 is 10.3 Å². The molecule has 5 aromatic rings. The van der Waals surface area contributed by atoms with Crippen molar-refractivity contribution in [2.45, 2.75) is 6.54 Å². The number of aromatic nitrogens is 5. The summed E-state index contributed by atoms with van der Waals surface area (Å²) in [7, 11) is 0. The minimum absolute atomic E-state index is 0.235. The summed E-state index contributed by atoms with van der Waals surface area (Å²) in [5, 5.41) is 6.19. The number of fused-ring (bicyclic) bond motifs is 2. The lowest BCUT2D eigenvalue weighted by atomic mass is 10.2. The van der Waals surface area contributed by atoms with Crippen LogP contribution in [-0.4, -0.2) is 30.9 Å². The molecule has 1 aromatic carbocycles. The molecule has 0 atom stereocenters. The molecule has 0 unspecified atom stereocenters. The first kappa shape index (κ1) is 17.2. The molecule has 7 nitrogen and oxygen atoms in total. The highest BCUT2D eigenvalue weighted by Crippen LogP contribution is 2.22. The van der Waals surface area contributed by atoms with Crippen LogP contribution >= 0.6 is 0 Å². The van der Waals surface area contributed by atoms with E-state index in [1.165, 1.54) is 22.9 Å². The molecule has 0 saturated carbocycles. The van der Waals surface area contributed by atoms with Crippen LogP contribution in [0.5, 0.6) is 5.75 Å². The number of rotatable bonds is 5. The molecule has 8 heteroatoms. The summed E-state index contributed by atoms with van der Waals surface area (Å²) in [6.45, 7) is 0.538. The maximum atomic E-state index is 13.7. The molecule has 0 aliphatic rings. The van der Waals surface area contributed by atoms with Crippen molar-refractivity contribution in [1.82, 2.24) is 24.3 Å². The van der Waals surface area contributed by atoms with Gasteiger partial charge in [-0.3, -0.25) is 9.36 Å². The van der Waals surface area contributed by atoms with Crippen molar-refractivity contribution >= 4 is 21.9 Å². The van der Waals surface area contributed by atoms with Crippen LogP contribution in [0, 0.1) is 5.82 Å². The van der Waals surface area contributed by atoms with E-state index in [2.05, 4.69) is 15.1 Å². The second kappa shape index (κ2) is 6.90. The zero-order valence-electron chi connectivity index (χ0n) is 15.2. The number of nitrogens with one attached hydrogen (secondary N) is 1. The molecule has 5 rings (SSSR count). The Morgan fingerprint density at radius 2 is 2.03 bits per heavy atom. The monoisotopic (exact) mass is 389 g/mol. The molecule has 0 amide bonds. The van der Waals surface area contributed by atoms with Gasteiger partial charge in [-0.25, -0.2) is 14.1 Å². The molecule has 0 radical (unpaired) electrons. The number of hydrogen-bond acceptors (Lipinski definition) is 4. The molecule has 1 N–H and O–H groups in total. The zero-order chi connectivity index (χ0) is 19.8.